The Morgan fingerprint density at radius 1 is 1.13 bits per heavy atom. The number of halogens is 2. The van der Waals surface area contributed by atoms with Crippen LogP contribution in [-0.4, -0.2) is 54.8 Å². The van der Waals surface area contributed by atoms with Crippen LogP contribution in [0, 0.1) is 0 Å². The predicted octanol–water partition coefficient (Wildman–Crippen LogP) is 3.70. The number of nitrogens with zero attached hydrogens (tertiary/aromatic N) is 2. The number of nitrogens with one attached hydrogen (secondary N) is 2. The number of benzene rings is 1. The smallest absolute Gasteiger partial charge is 0.262 e. The molecule has 30 heavy (non-hydrogen) atoms. The van der Waals surface area contributed by atoms with E-state index < -0.39 is 5.54 Å². The van der Waals surface area contributed by atoms with Crippen molar-refractivity contribution in [3.63, 3.8) is 0 Å². The molecule has 3 amide bonds. The molecule has 3 rings (SSSR count). The first-order chi connectivity index (χ1) is 14.1. The van der Waals surface area contributed by atoms with Gasteiger partial charge in [0.2, 0.25) is 11.8 Å². The molecule has 0 aliphatic carbocycles. The molecule has 2 N–H and O–H groups in total. The van der Waals surface area contributed by atoms with Crippen molar-refractivity contribution in [3.8, 4) is 0 Å². The minimum atomic E-state index is -1.12. The maximum absolute atomic E-state index is 12.8. The van der Waals surface area contributed by atoms with Gasteiger partial charge < -0.3 is 15.5 Å². The highest BCUT2D eigenvalue weighted by Crippen LogP contribution is 2.31. The Hall–Kier alpha value is -1.75. The van der Waals surface area contributed by atoms with Crippen molar-refractivity contribution in [1.82, 2.24) is 10.2 Å². The van der Waals surface area contributed by atoms with Crippen LogP contribution in [0.1, 0.15) is 23.5 Å². The number of carbonyl (C=O) groups is 3. The maximum Gasteiger partial charge on any atom is 0.262 e. The van der Waals surface area contributed by atoms with Gasteiger partial charge in [-0.1, -0.05) is 0 Å². The van der Waals surface area contributed by atoms with Gasteiger partial charge in [-0.25, -0.2) is 0 Å². The lowest BCUT2D eigenvalue weighted by molar-refractivity contribution is -0.121. The molecule has 0 saturated carbocycles. The first kappa shape index (κ1) is 22.9. The van der Waals surface area contributed by atoms with Gasteiger partial charge in [0.1, 0.15) is 5.54 Å². The normalized spacial score (nSPS) is 15.2. The zero-order valence-corrected chi connectivity index (χ0v) is 20.8. The molecule has 2 heterocycles. The highest BCUT2D eigenvalue weighted by Gasteiger charge is 2.31. The SMILES string of the molecule is CN1CCN(c2ccc(NC(=O)C(C)(C)NC(=O)c3ccc(Br)s3)cc2Br)C(=O)C1. The molecule has 1 aromatic carbocycles. The first-order valence-electron chi connectivity index (χ1n) is 9.24. The number of rotatable bonds is 5. The van der Waals surface area contributed by atoms with Gasteiger partial charge in [0, 0.05) is 23.2 Å². The quantitative estimate of drug-likeness (QED) is 0.587. The van der Waals surface area contributed by atoms with E-state index in [1.165, 1.54) is 11.3 Å². The molecule has 0 bridgehead atoms. The monoisotopic (exact) mass is 556 g/mol. The standard InChI is InChI=1S/C20H22Br2N4O3S/c1-20(2,24-18(28)15-6-7-16(22)30-15)19(29)23-12-4-5-14(13(21)10-12)26-9-8-25(3)11-17(26)27/h4-7,10H,8-9,11H2,1-3H3,(H,23,29)(H,24,28). The fourth-order valence-electron chi connectivity index (χ4n) is 2.97. The molecule has 0 atom stereocenters. The Morgan fingerprint density at radius 3 is 2.47 bits per heavy atom. The van der Waals surface area contributed by atoms with Gasteiger partial charge in [-0.2, -0.15) is 0 Å². The van der Waals surface area contributed by atoms with Crippen molar-refractivity contribution in [3.05, 3.63) is 43.5 Å². The molecule has 0 spiro atoms. The minimum Gasteiger partial charge on any atom is -0.337 e. The topological polar surface area (TPSA) is 81.8 Å². The number of amides is 3. The first-order valence-corrected chi connectivity index (χ1v) is 11.6. The van der Waals surface area contributed by atoms with Crippen LogP contribution in [-0.2, 0) is 9.59 Å². The van der Waals surface area contributed by atoms with Crippen molar-refractivity contribution < 1.29 is 14.4 Å². The van der Waals surface area contributed by atoms with Crippen LogP contribution < -0.4 is 15.5 Å². The maximum atomic E-state index is 12.8. The highest BCUT2D eigenvalue weighted by atomic mass is 79.9. The summed E-state index contributed by atoms with van der Waals surface area (Å²) in [7, 11) is 1.92. The lowest BCUT2D eigenvalue weighted by Gasteiger charge is -2.32. The van der Waals surface area contributed by atoms with Crippen LogP contribution in [0.3, 0.4) is 0 Å². The molecule has 0 radical (unpaired) electrons. The molecular weight excluding hydrogens is 536 g/mol. The van der Waals surface area contributed by atoms with E-state index in [1.54, 1.807) is 49.1 Å². The van der Waals surface area contributed by atoms with Gasteiger partial charge in [-0.3, -0.25) is 19.3 Å². The summed E-state index contributed by atoms with van der Waals surface area (Å²) in [4.78, 5) is 41.7. The van der Waals surface area contributed by atoms with Crippen molar-refractivity contribution in [2.75, 3.05) is 36.9 Å². The van der Waals surface area contributed by atoms with E-state index >= 15 is 0 Å². The van der Waals surface area contributed by atoms with Crippen LogP contribution in [0.4, 0.5) is 11.4 Å². The van der Waals surface area contributed by atoms with Crippen molar-refractivity contribution in [2.45, 2.75) is 19.4 Å². The van der Waals surface area contributed by atoms with Gasteiger partial charge in [0.05, 0.1) is 20.9 Å². The number of likely N-dealkylation sites (N-methyl/N-ethyl adjacent to an activating group) is 1. The second-order valence-electron chi connectivity index (χ2n) is 7.59. The number of carbonyl (C=O) groups excluding carboxylic acids is 3. The van der Waals surface area contributed by atoms with Gasteiger partial charge in [-0.15, -0.1) is 11.3 Å². The van der Waals surface area contributed by atoms with Gasteiger partial charge in [-0.05, 0) is 83.1 Å². The highest BCUT2D eigenvalue weighted by molar-refractivity contribution is 9.11. The molecule has 7 nitrogen and oxygen atoms in total. The average molecular weight is 558 g/mol. The summed E-state index contributed by atoms with van der Waals surface area (Å²) in [5, 5.41) is 5.60. The molecule has 1 aromatic heterocycles. The second-order valence-corrected chi connectivity index (χ2v) is 10.9. The fourth-order valence-corrected chi connectivity index (χ4v) is 4.85. The number of thiophene rings is 1. The molecular formula is C20H22Br2N4O3S. The van der Waals surface area contributed by atoms with Crippen molar-refractivity contribution in [1.29, 1.82) is 0 Å². The van der Waals surface area contributed by atoms with Crippen LogP contribution in [0.5, 0.6) is 0 Å². The van der Waals surface area contributed by atoms with E-state index in [0.29, 0.717) is 28.1 Å². The van der Waals surface area contributed by atoms with E-state index in [0.717, 1.165) is 16.0 Å². The van der Waals surface area contributed by atoms with E-state index in [2.05, 4.69) is 42.5 Å². The van der Waals surface area contributed by atoms with Crippen molar-refractivity contribution in [2.24, 2.45) is 0 Å². The summed E-state index contributed by atoms with van der Waals surface area (Å²) >= 11 is 8.14. The average Bonchev–Trinajstić information content (AvgIpc) is 3.09. The number of piperazine rings is 1. The van der Waals surface area contributed by atoms with Crippen LogP contribution in [0.15, 0.2) is 38.6 Å². The van der Waals surface area contributed by atoms with Gasteiger partial charge in [0.15, 0.2) is 0 Å². The van der Waals surface area contributed by atoms with E-state index in [-0.39, 0.29) is 17.7 Å². The molecule has 2 aromatic rings. The van der Waals surface area contributed by atoms with Crippen LogP contribution >= 0.6 is 43.2 Å². The minimum absolute atomic E-state index is 0.0327. The van der Waals surface area contributed by atoms with E-state index in [4.69, 9.17) is 0 Å². The predicted molar refractivity (Wildman–Crippen MR) is 126 cm³/mol. The number of hydrogen-bond donors (Lipinski definition) is 2. The molecule has 0 unspecified atom stereocenters. The Labute approximate surface area is 196 Å². The fraction of sp³-hybridized carbons (Fsp3) is 0.350. The molecule has 1 aliphatic rings. The number of anilines is 2. The summed E-state index contributed by atoms with van der Waals surface area (Å²) in [6.45, 7) is 5.08. The summed E-state index contributed by atoms with van der Waals surface area (Å²) in [6, 6.07) is 8.80. The van der Waals surface area contributed by atoms with Crippen LogP contribution in [0.2, 0.25) is 0 Å². The summed E-state index contributed by atoms with van der Waals surface area (Å²) in [5.41, 5.74) is 0.215. The van der Waals surface area contributed by atoms with E-state index in [1.807, 2.05) is 11.9 Å². The third-order valence-electron chi connectivity index (χ3n) is 4.70. The lowest BCUT2D eigenvalue weighted by atomic mass is 10.0. The summed E-state index contributed by atoms with van der Waals surface area (Å²) < 4.78 is 1.56. The van der Waals surface area contributed by atoms with Gasteiger partial charge >= 0.3 is 0 Å². The number of hydrogen-bond acceptors (Lipinski definition) is 5. The Balaban J connectivity index is 1.68. The molecule has 1 fully saturated rings. The Kier molecular flexibility index (Phi) is 7.01. The molecule has 1 aliphatic heterocycles. The molecule has 1 saturated heterocycles. The summed E-state index contributed by atoms with van der Waals surface area (Å²) in [5.74, 6) is -0.622. The zero-order valence-electron chi connectivity index (χ0n) is 16.8. The third kappa shape index (κ3) is 5.29. The van der Waals surface area contributed by atoms with Gasteiger partial charge in [0.25, 0.3) is 5.91 Å². The zero-order chi connectivity index (χ0) is 22.1. The largest absolute Gasteiger partial charge is 0.337 e. The van der Waals surface area contributed by atoms with E-state index in [9.17, 15) is 14.4 Å². The summed E-state index contributed by atoms with van der Waals surface area (Å²) in [6.07, 6.45) is 0. The van der Waals surface area contributed by atoms with Crippen molar-refractivity contribution >= 4 is 72.3 Å². The van der Waals surface area contributed by atoms with Crippen LogP contribution in [0.25, 0.3) is 0 Å². The third-order valence-corrected chi connectivity index (χ3v) is 6.96. The Bertz CT molecular complexity index is 992. The lowest BCUT2D eigenvalue weighted by Crippen LogP contribution is -2.52. The molecule has 10 heteroatoms. The second kappa shape index (κ2) is 9.17. The molecule has 160 valence electrons. The Morgan fingerprint density at radius 2 is 1.87 bits per heavy atom.